The molecule has 1 aliphatic carbocycles. The molecule has 0 fully saturated rings. The smallest absolute Gasteiger partial charge is 0.0998 e. The van der Waals surface area contributed by atoms with Gasteiger partial charge in [0.25, 0.3) is 0 Å². The predicted molar refractivity (Wildman–Crippen MR) is 223 cm³/mol. The number of hydrogen-bond donors (Lipinski definition) is 0. The lowest BCUT2D eigenvalue weighted by Crippen LogP contribution is -2.14. The highest BCUT2D eigenvalue weighted by molar-refractivity contribution is 6.11. The number of nitrogens with zero attached hydrogens (tertiary/aromatic N) is 3. The molecule has 0 aliphatic heterocycles. The summed E-state index contributed by atoms with van der Waals surface area (Å²) in [5.74, 6) is 0. The second-order valence-corrected chi connectivity index (χ2v) is 14.7. The van der Waals surface area contributed by atoms with E-state index in [4.69, 9.17) is 4.98 Å². The Balaban J connectivity index is 1.28. The van der Waals surface area contributed by atoms with Crippen LogP contribution in [0.4, 0.5) is 0 Å². The minimum atomic E-state index is -0.108. The van der Waals surface area contributed by atoms with Gasteiger partial charge in [0.1, 0.15) is 0 Å². The quantitative estimate of drug-likeness (QED) is 0.180. The Morgan fingerprint density at radius 3 is 1.87 bits per heavy atom. The Morgan fingerprint density at radius 1 is 0.463 bits per heavy atom. The highest BCUT2D eigenvalue weighted by atomic mass is 15.0. The Bertz CT molecular complexity index is 2900. The van der Waals surface area contributed by atoms with Crippen LogP contribution in [0.2, 0.25) is 0 Å². The third-order valence-corrected chi connectivity index (χ3v) is 11.2. The fourth-order valence-corrected chi connectivity index (χ4v) is 8.55. The van der Waals surface area contributed by atoms with E-state index in [2.05, 4.69) is 164 Å². The lowest BCUT2D eigenvalue weighted by atomic mass is 9.82. The zero-order valence-electron chi connectivity index (χ0n) is 30.1. The summed E-state index contributed by atoms with van der Waals surface area (Å²) in [4.78, 5) is 5.34. The Labute approximate surface area is 315 Å². The number of aromatic nitrogens is 2. The van der Waals surface area contributed by atoms with Crippen LogP contribution < -0.4 is 0 Å². The van der Waals surface area contributed by atoms with E-state index < -0.39 is 0 Å². The topological polar surface area (TPSA) is 41.6 Å². The fourth-order valence-electron chi connectivity index (χ4n) is 8.55. The summed E-state index contributed by atoms with van der Waals surface area (Å²) < 4.78 is 2.40. The van der Waals surface area contributed by atoms with Crippen molar-refractivity contribution in [1.29, 1.82) is 5.26 Å². The number of benzene rings is 7. The Kier molecular flexibility index (Phi) is 7.22. The van der Waals surface area contributed by atoms with Crippen molar-refractivity contribution in [3.05, 3.63) is 193 Å². The van der Waals surface area contributed by atoms with E-state index in [-0.39, 0.29) is 5.41 Å². The Morgan fingerprint density at radius 2 is 1.09 bits per heavy atom. The second kappa shape index (κ2) is 12.3. The number of hydrogen-bond acceptors (Lipinski definition) is 2. The van der Waals surface area contributed by atoms with E-state index >= 15 is 0 Å². The van der Waals surface area contributed by atoms with Crippen LogP contribution in [-0.4, -0.2) is 9.55 Å². The van der Waals surface area contributed by atoms with Crippen molar-refractivity contribution >= 4 is 21.8 Å². The van der Waals surface area contributed by atoms with Crippen LogP contribution in [-0.2, 0) is 5.41 Å². The third-order valence-electron chi connectivity index (χ3n) is 11.2. The molecular formula is C51H35N3. The van der Waals surface area contributed by atoms with Gasteiger partial charge in [-0.25, -0.2) is 4.98 Å². The maximum Gasteiger partial charge on any atom is 0.0998 e. The van der Waals surface area contributed by atoms with E-state index in [0.29, 0.717) is 5.56 Å². The van der Waals surface area contributed by atoms with Crippen molar-refractivity contribution in [3.8, 4) is 67.7 Å². The average molecular weight is 690 g/mol. The van der Waals surface area contributed by atoms with E-state index in [1.165, 1.54) is 33.0 Å². The standard InChI is InChI=1S/C51H35N3/c1-51(2)45-23-13-11-21-41(45)43-31-50-44(30-46(43)51)42-22-12-14-24-49(42)54(50)39-26-37(40-20-10-9-19-35(40)32-52)25-38(27-39)48-29-36(33-15-5-3-6-16-33)28-47(53-48)34-17-7-4-8-18-34/h3-31H,1-2H3. The SMILES string of the molecule is CC1(C)c2ccccc2-c2cc3c(cc21)c1ccccc1n3-c1cc(-c2cc(-c3ccccc3)cc(-c3ccccc3)n2)cc(-c2ccccc2C#N)c1. The van der Waals surface area contributed by atoms with Gasteiger partial charge >= 0.3 is 0 Å². The van der Waals surface area contributed by atoms with Gasteiger partial charge in [-0.1, -0.05) is 135 Å². The highest BCUT2D eigenvalue weighted by Gasteiger charge is 2.36. The molecule has 10 rings (SSSR count). The molecule has 2 heterocycles. The largest absolute Gasteiger partial charge is 0.309 e. The van der Waals surface area contributed by atoms with Crippen molar-refractivity contribution in [2.24, 2.45) is 0 Å². The van der Waals surface area contributed by atoms with Crippen LogP contribution in [0.15, 0.2) is 176 Å². The minimum Gasteiger partial charge on any atom is -0.309 e. The summed E-state index contributed by atoms with van der Waals surface area (Å²) in [6.45, 7) is 4.68. The zero-order chi connectivity index (χ0) is 36.4. The van der Waals surface area contributed by atoms with Crippen molar-refractivity contribution in [2.75, 3.05) is 0 Å². The molecule has 9 aromatic rings. The van der Waals surface area contributed by atoms with Gasteiger partial charge in [0, 0.05) is 33.0 Å². The molecule has 2 aromatic heterocycles. The summed E-state index contributed by atoms with van der Waals surface area (Å²) in [6.07, 6.45) is 0. The van der Waals surface area contributed by atoms with Crippen LogP contribution in [0.3, 0.4) is 0 Å². The second-order valence-electron chi connectivity index (χ2n) is 14.7. The maximum absolute atomic E-state index is 10.3. The summed E-state index contributed by atoms with van der Waals surface area (Å²) in [5, 5.41) is 12.7. The molecule has 3 nitrogen and oxygen atoms in total. The third kappa shape index (κ3) is 4.99. The van der Waals surface area contributed by atoms with Crippen LogP contribution in [0.25, 0.3) is 83.4 Å². The molecule has 54 heavy (non-hydrogen) atoms. The number of para-hydroxylation sites is 1. The average Bonchev–Trinajstić information content (AvgIpc) is 3.68. The van der Waals surface area contributed by atoms with Gasteiger partial charge < -0.3 is 4.57 Å². The lowest BCUT2D eigenvalue weighted by molar-refractivity contribution is 0.661. The monoisotopic (exact) mass is 689 g/mol. The normalized spacial score (nSPS) is 12.8. The number of pyridine rings is 1. The summed E-state index contributed by atoms with van der Waals surface area (Å²) in [6, 6.07) is 64.6. The van der Waals surface area contributed by atoms with Crippen LogP contribution >= 0.6 is 0 Å². The first-order chi connectivity index (χ1) is 26.5. The first-order valence-electron chi connectivity index (χ1n) is 18.4. The van der Waals surface area contributed by atoms with Gasteiger partial charge in [0.15, 0.2) is 0 Å². The number of nitriles is 1. The molecule has 0 N–H and O–H groups in total. The molecule has 0 spiro atoms. The number of fused-ring (bicyclic) bond motifs is 6. The zero-order valence-corrected chi connectivity index (χ0v) is 30.1. The summed E-state index contributed by atoms with van der Waals surface area (Å²) >= 11 is 0. The predicted octanol–water partition coefficient (Wildman–Crippen LogP) is 13.0. The lowest BCUT2D eigenvalue weighted by Gasteiger charge is -2.21. The van der Waals surface area contributed by atoms with Gasteiger partial charge in [-0.3, -0.25) is 0 Å². The molecule has 0 saturated carbocycles. The minimum absolute atomic E-state index is 0.108. The van der Waals surface area contributed by atoms with Gasteiger partial charge in [0.2, 0.25) is 0 Å². The molecule has 0 radical (unpaired) electrons. The van der Waals surface area contributed by atoms with Crippen LogP contribution in [0.5, 0.6) is 0 Å². The summed E-state index contributed by atoms with van der Waals surface area (Å²) in [7, 11) is 0. The van der Waals surface area contributed by atoms with E-state index in [0.717, 1.165) is 61.5 Å². The van der Waals surface area contributed by atoms with Crippen molar-refractivity contribution < 1.29 is 0 Å². The number of rotatable bonds is 5. The fraction of sp³-hybridized carbons (Fsp3) is 0.0588. The van der Waals surface area contributed by atoms with Crippen molar-refractivity contribution in [2.45, 2.75) is 19.3 Å². The molecule has 1 aliphatic rings. The molecular weight excluding hydrogens is 655 g/mol. The van der Waals surface area contributed by atoms with Gasteiger partial charge in [-0.2, -0.15) is 5.26 Å². The molecule has 0 amide bonds. The van der Waals surface area contributed by atoms with Gasteiger partial charge in [-0.05, 0) is 99.1 Å². The molecule has 7 aromatic carbocycles. The van der Waals surface area contributed by atoms with Crippen LogP contribution in [0, 0.1) is 11.3 Å². The van der Waals surface area contributed by atoms with Crippen molar-refractivity contribution in [1.82, 2.24) is 9.55 Å². The van der Waals surface area contributed by atoms with Crippen molar-refractivity contribution in [3.63, 3.8) is 0 Å². The summed E-state index contributed by atoms with van der Waals surface area (Å²) in [5.41, 5.74) is 17.0. The molecule has 0 bridgehead atoms. The van der Waals surface area contributed by atoms with Gasteiger partial charge in [0.05, 0.1) is 34.1 Å². The first kappa shape index (κ1) is 31.7. The van der Waals surface area contributed by atoms with Gasteiger partial charge in [-0.15, -0.1) is 0 Å². The van der Waals surface area contributed by atoms with E-state index in [1.807, 2.05) is 36.4 Å². The molecule has 3 heteroatoms. The maximum atomic E-state index is 10.3. The Hall–Kier alpha value is -7.02. The van der Waals surface area contributed by atoms with Crippen LogP contribution in [0.1, 0.15) is 30.5 Å². The first-order valence-corrected chi connectivity index (χ1v) is 18.4. The molecule has 0 atom stereocenters. The van der Waals surface area contributed by atoms with E-state index in [1.54, 1.807) is 0 Å². The van der Waals surface area contributed by atoms with E-state index in [9.17, 15) is 5.26 Å². The highest BCUT2D eigenvalue weighted by Crippen LogP contribution is 2.51. The molecule has 254 valence electrons. The molecule has 0 unspecified atom stereocenters. The molecule has 0 saturated heterocycles.